The first-order valence-electron chi connectivity index (χ1n) is 6.50. The van der Waals surface area contributed by atoms with Crippen molar-refractivity contribution < 1.29 is 8.94 Å². The van der Waals surface area contributed by atoms with Crippen LogP contribution in [0.15, 0.2) is 27.3 Å². The van der Waals surface area contributed by atoms with Gasteiger partial charge in [0.25, 0.3) is 0 Å². The molecule has 2 aromatic heterocycles. The molecule has 0 saturated carbocycles. The third-order valence-electron chi connectivity index (χ3n) is 3.27. The lowest BCUT2D eigenvalue weighted by atomic mass is 10.0. The Labute approximate surface area is 106 Å². The number of nitrogens with zero attached hydrogens (tertiary/aromatic N) is 2. The second-order valence-electron chi connectivity index (χ2n) is 4.63. The highest BCUT2D eigenvalue weighted by molar-refractivity contribution is 5.01. The molecule has 1 saturated heterocycles. The minimum atomic E-state index is 0.264. The first kappa shape index (κ1) is 11.5. The summed E-state index contributed by atoms with van der Waals surface area (Å²) in [5, 5.41) is 7.48. The molecular weight excluding hydrogens is 230 g/mol. The van der Waals surface area contributed by atoms with E-state index in [1.165, 1.54) is 12.8 Å². The Morgan fingerprint density at radius 2 is 2.33 bits per heavy atom. The van der Waals surface area contributed by atoms with Crippen molar-refractivity contribution in [3.8, 4) is 0 Å². The molecule has 0 radical (unpaired) electrons. The maximum Gasteiger partial charge on any atom is 0.227 e. The summed E-state index contributed by atoms with van der Waals surface area (Å²) in [4.78, 5) is 4.45. The Hall–Kier alpha value is -1.62. The van der Waals surface area contributed by atoms with Gasteiger partial charge in [0.1, 0.15) is 5.76 Å². The fourth-order valence-corrected chi connectivity index (χ4v) is 2.27. The highest BCUT2D eigenvalue weighted by Crippen LogP contribution is 2.20. The number of hydrogen-bond acceptors (Lipinski definition) is 5. The van der Waals surface area contributed by atoms with Gasteiger partial charge in [0.2, 0.25) is 5.89 Å². The lowest BCUT2D eigenvalue weighted by Crippen LogP contribution is -2.27. The lowest BCUT2D eigenvalue weighted by molar-refractivity contribution is 0.346. The first-order valence-corrected chi connectivity index (χ1v) is 6.50. The van der Waals surface area contributed by atoms with E-state index in [1.54, 1.807) is 6.26 Å². The zero-order chi connectivity index (χ0) is 12.2. The molecule has 18 heavy (non-hydrogen) atoms. The molecule has 0 aliphatic carbocycles. The molecule has 0 spiro atoms. The van der Waals surface area contributed by atoms with E-state index in [2.05, 4.69) is 15.5 Å². The van der Waals surface area contributed by atoms with E-state index in [0.717, 1.165) is 37.4 Å². The van der Waals surface area contributed by atoms with Crippen LogP contribution in [0, 0.1) is 0 Å². The van der Waals surface area contributed by atoms with E-state index < -0.39 is 0 Å². The largest absolute Gasteiger partial charge is 0.469 e. The van der Waals surface area contributed by atoms with Crippen LogP contribution in [0.25, 0.3) is 0 Å². The van der Waals surface area contributed by atoms with E-state index in [9.17, 15) is 0 Å². The summed E-state index contributed by atoms with van der Waals surface area (Å²) in [7, 11) is 0. The van der Waals surface area contributed by atoms with Crippen LogP contribution in [0.5, 0.6) is 0 Å². The van der Waals surface area contributed by atoms with Gasteiger partial charge in [-0.1, -0.05) is 11.6 Å². The number of aryl methyl sites for hydroxylation is 2. The smallest absolute Gasteiger partial charge is 0.227 e. The van der Waals surface area contributed by atoms with Gasteiger partial charge in [-0.2, -0.15) is 4.98 Å². The molecule has 1 unspecified atom stereocenters. The second-order valence-corrected chi connectivity index (χ2v) is 4.63. The van der Waals surface area contributed by atoms with Crippen LogP contribution >= 0.6 is 0 Å². The van der Waals surface area contributed by atoms with Crippen molar-refractivity contribution in [2.45, 2.75) is 38.1 Å². The summed E-state index contributed by atoms with van der Waals surface area (Å²) in [5.41, 5.74) is 0. The molecule has 5 heteroatoms. The summed E-state index contributed by atoms with van der Waals surface area (Å²) in [6, 6.07) is 4.11. The van der Waals surface area contributed by atoms with Crippen molar-refractivity contribution in [2.75, 3.05) is 6.54 Å². The number of aromatic nitrogens is 2. The van der Waals surface area contributed by atoms with Gasteiger partial charge in [0.15, 0.2) is 5.82 Å². The summed E-state index contributed by atoms with van der Waals surface area (Å²) in [6.45, 7) is 1.04. The van der Waals surface area contributed by atoms with Crippen molar-refractivity contribution >= 4 is 0 Å². The van der Waals surface area contributed by atoms with Gasteiger partial charge in [0, 0.05) is 12.8 Å². The van der Waals surface area contributed by atoms with E-state index in [0.29, 0.717) is 5.89 Å². The molecule has 0 amide bonds. The van der Waals surface area contributed by atoms with Crippen molar-refractivity contribution in [1.82, 2.24) is 15.5 Å². The number of rotatable bonds is 4. The van der Waals surface area contributed by atoms with Crippen LogP contribution in [0.2, 0.25) is 0 Å². The normalized spacial score (nSPS) is 20.1. The lowest BCUT2D eigenvalue weighted by Gasteiger charge is -2.19. The fraction of sp³-hybridized carbons (Fsp3) is 0.538. The summed E-state index contributed by atoms with van der Waals surface area (Å²) in [5.74, 6) is 2.43. The van der Waals surface area contributed by atoms with Crippen molar-refractivity contribution in [3.63, 3.8) is 0 Å². The van der Waals surface area contributed by atoms with Crippen molar-refractivity contribution in [1.29, 1.82) is 0 Å². The molecular formula is C13H17N3O2. The third-order valence-corrected chi connectivity index (χ3v) is 3.27. The molecule has 0 bridgehead atoms. The van der Waals surface area contributed by atoms with Crippen LogP contribution in [-0.4, -0.2) is 16.7 Å². The number of nitrogens with one attached hydrogen (secondary N) is 1. The van der Waals surface area contributed by atoms with Crippen LogP contribution in [0.1, 0.15) is 42.8 Å². The zero-order valence-electron chi connectivity index (χ0n) is 10.3. The van der Waals surface area contributed by atoms with Crippen molar-refractivity contribution in [2.24, 2.45) is 0 Å². The van der Waals surface area contributed by atoms with Crippen LogP contribution in [0.3, 0.4) is 0 Å². The molecule has 1 fully saturated rings. The SMILES string of the molecule is c1coc(CCc2nc(C3CCCCN3)no2)c1. The molecule has 1 aliphatic rings. The Morgan fingerprint density at radius 3 is 3.11 bits per heavy atom. The first-order chi connectivity index (χ1) is 8.92. The maximum absolute atomic E-state index is 5.28. The van der Waals surface area contributed by atoms with Gasteiger partial charge < -0.3 is 14.3 Å². The topological polar surface area (TPSA) is 64.1 Å². The third kappa shape index (κ3) is 2.61. The molecule has 0 aromatic carbocycles. The van der Waals surface area contributed by atoms with Gasteiger partial charge in [-0.05, 0) is 31.5 Å². The number of furan rings is 1. The Kier molecular flexibility index (Phi) is 3.41. The van der Waals surface area contributed by atoms with Crippen LogP contribution < -0.4 is 5.32 Å². The van der Waals surface area contributed by atoms with Gasteiger partial charge in [-0.15, -0.1) is 0 Å². The average Bonchev–Trinajstić information content (AvgIpc) is 3.09. The quantitative estimate of drug-likeness (QED) is 0.897. The Bertz CT molecular complexity index is 472. The van der Waals surface area contributed by atoms with Crippen LogP contribution in [0.4, 0.5) is 0 Å². The molecule has 96 valence electrons. The van der Waals surface area contributed by atoms with E-state index in [-0.39, 0.29) is 6.04 Å². The predicted molar refractivity (Wildman–Crippen MR) is 65.0 cm³/mol. The van der Waals surface area contributed by atoms with Gasteiger partial charge >= 0.3 is 0 Å². The van der Waals surface area contributed by atoms with E-state index in [1.807, 2.05) is 12.1 Å². The molecule has 1 aliphatic heterocycles. The minimum Gasteiger partial charge on any atom is -0.469 e. The van der Waals surface area contributed by atoms with Gasteiger partial charge in [0.05, 0.1) is 12.3 Å². The second kappa shape index (κ2) is 5.35. The molecule has 5 nitrogen and oxygen atoms in total. The zero-order valence-corrected chi connectivity index (χ0v) is 10.3. The fourth-order valence-electron chi connectivity index (χ4n) is 2.27. The van der Waals surface area contributed by atoms with Crippen LogP contribution in [-0.2, 0) is 12.8 Å². The summed E-state index contributed by atoms with van der Waals surface area (Å²) < 4.78 is 10.5. The summed E-state index contributed by atoms with van der Waals surface area (Å²) in [6.07, 6.45) is 6.77. The monoisotopic (exact) mass is 247 g/mol. The highest BCUT2D eigenvalue weighted by atomic mass is 16.5. The maximum atomic E-state index is 5.28. The van der Waals surface area contributed by atoms with Gasteiger partial charge in [-0.3, -0.25) is 0 Å². The standard InChI is InChI=1S/C13H17N3O2/c1-2-8-14-11(5-1)13-15-12(18-16-13)7-6-10-4-3-9-17-10/h3-4,9,11,14H,1-2,5-8H2. The molecule has 2 aromatic rings. The predicted octanol–water partition coefficient (Wildman–Crippen LogP) is 2.26. The van der Waals surface area contributed by atoms with Crippen molar-refractivity contribution in [3.05, 3.63) is 35.9 Å². The van der Waals surface area contributed by atoms with E-state index in [4.69, 9.17) is 8.94 Å². The average molecular weight is 247 g/mol. The molecule has 3 heterocycles. The van der Waals surface area contributed by atoms with E-state index >= 15 is 0 Å². The molecule has 1 N–H and O–H groups in total. The number of hydrogen-bond donors (Lipinski definition) is 1. The number of piperidine rings is 1. The molecule has 3 rings (SSSR count). The minimum absolute atomic E-state index is 0.264. The van der Waals surface area contributed by atoms with Gasteiger partial charge in [-0.25, -0.2) is 0 Å². The summed E-state index contributed by atoms with van der Waals surface area (Å²) >= 11 is 0. The Balaban J connectivity index is 1.59. The Morgan fingerprint density at radius 1 is 1.33 bits per heavy atom. The highest BCUT2D eigenvalue weighted by Gasteiger charge is 2.20. The molecule has 1 atom stereocenters.